The number of esters is 1. The number of hydrogen-bond acceptors (Lipinski definition) is 5. The number of nitrogens with two attached hydrogens (primary N) is 1. The van der Waals surface area contributed by atoms with E-state index >= 15 is 0 Å². The number of carbonyl (C=O) groups excluding carboxylic acids is 1. The van der Waals surface area contributed by atoms with Gasteiger partial charge < -0.3 is 10.5 Å². The normalized spacial score (nSPS) is 11.3. The van der Waals surface area contributed by atoms with Gasteiger partial charge in [0.05, 0.1) is 13.7 Å². The fourth-order valence-electron chi connectivity index (χ4n) is 0.992. The third kappa shape index (κ3) is 2.45. The Labute approximate surface area is 88.4 Å². The van der Waals surface area contributed by atoms with Crippen molar-refractivity contribution in [1.82, 2.24) is 9.97 Å². The van der Waals surface area contributed by atoms with Crippen LogP contribution in [-0.2, 0) is 17.5 Å². The van der Waals surface area contributed by atoms with E-state index < -0.39 is 23.4 Å². The Morgan fingerprint density at radius 3 is 2.62 bits per heavy atom. The van der Waals surface area contributed by atoms with Crippen LogP contribution < -0.4 is 5.73 Å². The van der Waals surface area contributed by atoms with Crippen LogP contribution in [0.2, 0.25) is 0 Å². The van der Waals surface area contributed by atoms with Crippen LogP contribution in [0.3, 0.4) is 0 Å². The highest BCUT2D eigenvalue weighted by Gasteiger charge is 2.38. The zero-order chi connectivity index (χ0) is 12.3. The molecule has 0 saturated heterocycles. The topological polar surface area (TPSA) is 78.1 Å². The lowest BCUT2D eigenvalue weighted by Crippen LogP contribution is -2.19. The summed E-state index contributed by atoms with van der Waals surface area (Å²) in [5.41, 5.74) is 3.04. The number of ether oxygens (including phenoxy) is 1. The van der Waals surface area contributed by atoms with Gasteiger partial charge in [0.15, 0.2) is 5.69 Å². The van der Waals surface area contributed by atoms with E-state index in [2.05, 4.69) is 14.7 Å². The Kier molecular flexibility index (Phi) is 3.43. The predicted molar refractivity (Wildman–Crippen MR) is 46.3 cm³/mol. The number of rotatable bonds is 2. The van der Waals surface area contributed by atoms with Crippen molar-refractivity contribution in [2.45, 2.75) is 12.7 Å². The first-order chi connectivity index (χ1) is 7.40. The zero-order valence-electron chi connectivity index (χ0n) is 8.21. The molecule has 0 aliphatic carbocycles. The van der Waals surface area contributed by atoms with Crippen molar-refractivity contribution in [1.29, 1.82) is 0 Å². The molecule has 0 unspecified atom stereocenters. The van der Waals surface area contributed by atoms with Gasteiger partial charge in [0.1, 0.15) is 11.4 Å². The quantitative estimate of drug-likeness (QED) is 0.765. The summed E-state index contributed by atoms with van der Waals surface area (Å²) in [6.07, 6.45) is -4.00. The van der Waals surface area contributed by atoms with Gasteiger partial charge in [-0.2, -0.15) is 13.2 Å². The second-order valence-electron chi connectivity index (χ2n) is 2.74. The van der Waals surface area contributed by atoms with Crippen LogP contribution in [-0.4, -0.2) is 23.0 Å². The number of aromatic nitrogens is 2. The van der Waals surface area contributed by atoms with Crippen LogP contribution in [0, 0.1) is 0 Å². The number of methoxy groups -OCH3 is 1. The molecule has 0 aromatic carbocycles. The lowest BCUT2D eigenvalue weighted by atomic mass is 10.2. The third-order valence-corrected chi connectivity index (χ3v) is 1.70. The van der Waals surface area contributed by atoms with Crippen molar-refractivity contribution in [3.63, 3.8) is 0 Å². The summed E-state index contributed by atoms with van der Waals surface area (Å²) in [7, 11) is 0.972. The summed E-state index contributed by atoms with van der Waals surface area (Å²) < 4.78 is 41.8. The molecule has 0 aliphatic rings. The molecule has 0 bridgehead atoms. The van der Waals surface area contributed by atoms with Gasteiger partial charge in [-0.1, -0.05) is 0 Å². The first-order valence-electron chi connectivity index (χ1n) is 4.11. The van der Waals surface area contributed by atoms with E-state index in [1.165, 1.54) is 0 Å². The smallest absolute Gasteiger partial charge is 0.434 e. The highest BCUT2D eigenvalue weighted by molar-refractivity contribution is 5.90. The van der Waals surface area contributed by atoms with Crippen LogP contribution in [0.1, 0.15) is 21.9 Å². The second-order valence-corrected chi connectivity index (χ2v) is 2.74. The molecule has 0 atom stereocenters. The molecule has 0 fully saturated rings. The van der Waals surface area contributed by atoms with Gasteiger partial charge in [-0.05, 0) is 0 Å². The standard InChI is InChI=1S/C8H8F3N3O2/c1-16-7(15)4-3-13-5(2-12)14-6(4)8(9,10)11/h3H,2,12H2,1H3. The minimum absolute atomic E-state index is 0.194. The van der Waals surface area contributed by atoms with Gasteiger partial charge in [0.2, 0.25) is 0 Å². The van der Waals surface area contributed by atoms with E-state index in [4.69, 9.17) is 5.73 Å². The van der Waals surface area contributed by atoms with Gasteiger partial charge in [0.25, 0.3) is 0 Å². The van der Waals surface area contributed by atoms with Crippen LogP contribution in [0.4, 0.5) is 13.2 Å². The Hall–Kier alpha value is -1.70. The summed E-state index contributed by atoms with van der Waals surface area (Å²) in [6, 6.07) is 0. The van der Waals surface area contributed by atoms with Gasteiger partial charge >= 0.3 is 12.1 Å². The maximum absolute atomic E-state index is 12.5. The molecule has 16 heavy (non-hydrogen) atoms. The van der Waals surface area contributed by atoms with Crippen molar-refractivity contribution < 1.29 is 22.7 Å². The number of hydrogen-bond donors (Lipinski definition) is 1. The molecule has 1 aromatic rings. The number of alkyl halides is 3. The van der Waals surface area contributed by atoms with E-state index in [0.29, 0.717) is 0 Å². The Morgan fingerprint density at radius 1 is 1.56 bits per heavy atom. The highest BCUT2D eigenvalue weighted by atomic mass is 19.4. The third-order valence-electron chi connectivity index (χ3n) is 1.70. The molecule has 0 saturated carbocycles. The fourth-order valence-corrected chi connectivity index (χ4v) is 0.992. The fraction of sp³-hybridized carbons (Fsp3) is 0.375. The van der Waals surface area contributed by atoms with E-state index in [9.17, 15) is 18.0 Å². The molecule has 2 N–H and O–H groups in total. The van der Waals surface area contributed by atoms with Crippen molar-refractivity contribution in [2.24, 2.45) is 5.73 Å². The monoisotopic (exact) mass is 235 g/mol. The molecule has 8 heteroatoms. The Morgan fingerprint density at radius 2 is 2.19 bits per heavy atom. The Bertz CT molecular complexity index is 406. The molecule has 0 radical (unpaired) electrons. The zero-order valence-corrected chi connectivity index (χ0v) is 8.21. The largest absolute Gasteiger partial charge is 0.465 e. The summed E-state index contributed by atoms with van der Waals surface area (Å²) in [5, 5.41) is 0. The van der Waals surface area contributed by atoms with E-state index in [0.717, 1.165) is 13.3 Å². The number of carbonyl (C=O) groups is 1. The highest BCUT2D eigenvalue weighted by Crippen LogP contribution is 2.30. The lowest BCUT2D eigenvalue weighted by molar-refractivity contribution is -0.141. The van der Waals surface area contributed by atoms with Crippen LogP contribution in [0.15, 0.2) is 6.20 Å². The minimum atomic E-state index is -4.75. The molecule has 5 nitrogen and oxygen atoms in total. The molecular weight excluding hydrogens is 227 g/mol. The second kappa shape index (κ2) is 4.44. The average molecular weight is 235 g/mol. The number of nitrogens with zero attached hydrogens (tertiary/aromatic N) is 2. The van der Waals surface area contributed by atoms with Crippen LogP contribution in [0.5, 0.6) is 0 Å². The van der Waals surface area contributed by atoms with Crippen LogP contribution in [0.25, 0.3) is 0 Å². The van der Waals surface area contributed by atoms with Crippen LogP contribution >= 0.6 is 0 Å². The molecule has 1 heterocycles. The summed E-state index contributed by atoms with van der Waals surface area (Å²) in [5.74, 6) is -1.34. The summed E-state index contributed by atoms with van der Waals surface area (Å²) >= 11 is 0. The lowest BCUT2D eigenvalue weighted by Gasteiger charge is -2.10. The van der Waals surface area contributed by atoms with E-state index in [1.807, 2.05) is 0 Å². The minimum Gasteiger partial charge on any atom is -0.465 e. The molecule has 0 spiro atoms. The maximum Gasteiger partial charge on any atom is 0.434 e. The van der Waals surface area contributed by atoms with Crippen molar-refractivity contribution in [3.8, 4) is 0 Å². The van der Waals surface area contributed by atoms with E-state index in [-0.39, 0.29) is 12.4 Å². The van der Waals surface area contributed by atoms with Crippen molar-refractivity contribution in [2.75, 3.05) is 7.11 Å². The molecule has 1 aromatic heterocycles. The molecule has 1 rings (SSSR count). The Balaban J connectivity index is 3.33. The molecule has 88 valence electrons. The number of halogens is 3. The summed E-state index contributed by atoms with van der Waals surface area (Å²) in [4.78, 5) is 17.7. The molecule has 0 amide bonds. The SMILES string of the molecule is COC(=O)c1cnc(CN)nc1C(F)(F)F. The van der Waals surface area contributed by atoms with Gasteiger partial charge in [0, 0.05) is 6.20 Å². The average Bonchev–Trinajstić information content (AvgIpc) is 2.26. The summed E-state index contributed by atoms with van der Waals surface area (Å²) in [6.45, 7) is -0.246. The molecular formula is C8H8F3N3O2. The maximum atomic E-state index is 12.5. The molecule has 0 aliphatic heterocycles. The van der Waals surface area contributed by atoms with Gasteiger partial charge in [-0.25, -0.2) is 14.8 Å². The van der Waals surface area contributed by atoms with Crippen molar-refractivity contribution in [3.05, 3.63) is 23.3 Å². The first-order valence-corrected chi connectivity index (χ1v) is 4.11. The first kappa shape index (κ1) is 12.4. The van der Waals surface area contributed by atoms with Crippen molar-refractivity contribution >= 4 is 5.97 Å². The van der Waals surface area contributed by atoms with Gasteiger partial charge in [-0.15, -0.1) is 0 Å². The van der Waals surface area contributed by atoms with E-state index in [1.54, 1.807) is 0 Å². The predicted octanol–water partition coefficient (Wildman–Crippen LogP) is 0.741. The van der Waals surface area contributed by atoms with Gasteiger partial charge in [-0.3, -0.25) is 0 Å².